The first-order valence-corrected chi connectivity index (χ1v) is 7.62. The second-order valence-electron chi connectivity index (χ2n) is 5.28. The van der Waals surface area contributed by atoms with Gasteiger partial charge in [0.05, 0.1) is 12.0 Å². The van der Waals surface area contributed by atoms with E-state index in [0.717, 1.165) is 12.3 Å². The van der Waals surface area contributed by atoms with Gasteiger partial charge in [0.15, 0.2) is 5.82 Å². The van der Waals surface area contributed by atoms with E-state index in [-0.39, 0.29) is 18.9 Å². The topological polar surface area (TPSA) is 97.1 Å². The van der Waals surface area contributed by atoms with Crippen molar-refractivity contribution in [1.29, 1.82) is 0 Å². The molecular weight excluding hydrogens is 351 g/mol. The fraction of sp³-hybridized carbons (Fsp3) is 0.267. The first-order chi connectivity index (χ1) is 12.4. The average molecular weight is 365 g/mol. The van der Waals surface area contributed by atoms with Crippen molar-refractivity contribution in [3.8, 4) is 0 Å². The standard InChI is InChI=1S/C15H14F3N7O/c16-15(17,18)10-2-3-11(22-9-10)19-5-6-20-13(26)8-12-23-14-21-4-1-7-25(14)24-12/h1-4,7,9H,5-6,8H2,(H,19,22)(H,20,26). The van der Waals surface area contributed by atoms with Crippen LogP contribution in [0.5, 0.6) is 0 Å². The fourth-order valence-corrected chi connectivity index (χ4v) is 2.12. The molecule has 0 atom stereocenters. The second-order valence-corrected chi connectivity index (χ2v) is 5.28. The third kappa shape index (κ3) is 4.43. The fourth-order valence-electron chi connectivity index (χ4n) is 2.12. The summed E-state index contributed by atoms with van der Waals surface area (Å²) in [6.07, 6.45) is -0.403. The maximum atomic E-state index is 12.4. The minimum Gasteiger partial charge on any atom is -0.368 e. The zero-order valence-corrected chi connectivity index (χ0v) is 13.4. The van der Waals surface area contributed by atoms with Crippen LogP contribution in [-0.4, -0.2) is 43.6 Å². The summed E-state index contributed by atoms with van der Waals surface area (Å²) in [6.45, 7) is 0.581. The van der Waals surface area contributed by atoms with E-state index in [2.05, 4.69) is 30.7 Å². The number of aromatic nitrogens is 5. The maximum absolute atomic E-state index is 12.4. The molecule has 3 rings (SSSR count). The smallest absolute Gasteiger partial charge is 0.368 e. The molecule has 0 fully saturated rings. The van der Waals surface area contributed by atoms with Gasteiger partial charge in [-0.05, 0) is 18.2 Å². The minimum absolute atomic E-state index is 0.00187. The molecule has 0 unspecified atom stereocenters. The highest BCUT2D eigenvalue weighted by molar-refractivity contribution is 5.77. The summed E-state index contributed by atoms with van der Waals surface area (Å²) >= 11 is 0. The molecule has 0 aliphatic heterocycles. The van der Waals surface area contributed by atoms with E-state index in [1.165, 1.54) is 10.6 Å². The Morgan fingerprint density at radius 2 is 2.04 bits per heavy atom. The quantitative estimate of drug-likeness (QED) is 0.640. The van der Waals surface area contributed by atoms with Crippen molar-refractivity contribution in [2.75, 3.05) is 18.4 Å². The molecule has 0 aliphatic rings. The van der Waals surface area contributed by atoms with Crippen molar-refractivity contribution in [3.05, 3.63) is 48.2 Å². The number of amides is 1. The molecular formula is C15H14F3N7O. The summed E-state index contributed by atoms with van der Waals surface area (Å²) in [5, 5.41) is 9.61. The molecule has 3 aromatic rings. The number of carbonyl (C=O) groups excluding carboxylic acids is 1. The highest BCUT2D eigenvalue weighted by Crippen LogP contribution is 2.28. The van der Waals surface area contributed by atoms with E-state index >= 15 is 0 Å². The van der Waals surface area contributed by atoms with Crippen LogP contribution < -0.4 is 10.6 Å². The maximum Gasteiger partial charge on any atom is 0.417 e. The Kier molecular flexibility index (Phi) is 4.96. The summed E-state index contributed by atoms with van der Waals surface area (Å²) in [5.41, 5.74) is -0.814. The second kappa shape index (κ2) is 7.33. The van der Waals surface area contributed by atoms with E-state index in [0.29, 0.717) is 24.0 Å². The largest absolute Gasteiger partial charge is 0.417 e. The van der Waals surface area contributed by atoms with Gasteiger partial charge in [-0.25, -0.2) is 14.5 Å². The Bertz CT molecular complexity index is 859. The molecule has 0 aromatic carbocycles. The van der Waals surface area contributed by atoms with Crippen LogP contribution in [0, 0.1) is 0 Å². The van der Waals surface area contributed by atoms with Gasteiger partial charge in [-0.2, -0.15) is 18.2 Å². The van der Waals surface area contributed by atoms with Crippen molar-refractivity contribution in [2.45, 2.75) is 12.6 Å². The Morgan fingerprint density at radius 1 is 1.19 bits per heavy atom. The van der Waals surface area contributed by atoms with Crippen LogP contribution in [0.3, 0.4) is 0 Å². The van der Waals surface area contributed by atoms with E-state index in [1.807, 2.05) is 0 Å². The van der Waals surface area contributed by atoms with Crippen molar-refractivity contribution >= 4 is 17.5 Å². The molecule has 3 aromatic heterocycles. The Hall–Kier alpha value is -3.24. The zero-order chi connectivity index (χ0) is 18.6. The van der Waals surface area contributed by atoms with Gasteiger partial charge in [0.2, 0.25) is 5.91 Å². The van der Waals surface area contributed by atoms with E-state index < -0.39 is 11.7 Å². The van der Waals surface area contributed by atoms with Crippen molar-refractivity contribution in [2.24, 2.45) is 0 Å². The number of nitrogens with zero attached hydrogens (tertiary/aromatic N) is 5. The first-order valence-electron chi connectivity index (χ1n) is 7.62. The van der Waals surface area contributed by atoms with Gasteiger partial charge in [-0.15, -0.1) is 5.10 Å². The lowest BCUT2D eigenvalue weighted by molar-refractivity contribution is -0.137. The van der Waals surface area contributed by atoms with Crippen molar-refractivity contribution < 1.29 is 18.0 Å². The lowest BCUT2D eigenvalue weighted by Crippen LogP contribution is -2.30. The monoisotopic (exact) mass is 365 g/mol. The molecule has 0 saturated carbocycles. The molecule has 136 valence electrons. The van der Waals surface area contributed by atoms with Gasteiger partial charge in [0.25, 0.3) is 5.78 Å². The lowest BCUT2D eigenvalue weighted by Gasteiger charge is -2.09. The molecule has 3 heterocycles. The molecule has 1 amide bonds. The van der Waals surface area contributed by atoms with Gasteiger partial charge >= 0.3 is 6.18 Å². The molecule has 8 nitrogen and oxygen atoms in total. The predicted octanol–water partition coefficient (Wildman–Crippen LogP) is 1.31. The highest BCUT2D eigenvalue weighted by Gasteiger charge is 2.30. The van der Waals surface area contributed by atoms with E-state index in [1.54, 1.807) is 18.5 Å². The molecule has 0 radical (unpaired) electrons. The number of pyridine rings is 1. The third-order valence-electron chi connectivity index (χ3n) is 3.32. The molecule has 2 N–H and O–H groups in total. The number of nitrogens with one attached hydrogen (secondary N) is 2. The van der Waals surface area contributed by atoms with Gasteiger partial charge in [-0.3, -0.25) is 4.79 Å². The van der Waals surface area contributed by atoms with Crippen LogP contribution in [0.2, 0.25) is 0 Å². The van der Waals surface area contributed by atoms with Crippen LogP contribution in [0.25, 0.3) is 5.78 Å². The number of hydrogen-bond acceptors (Lipinski definition) is 6. The van der Waals surface area contributed by atoms with Crippen LogP contribution >= 0.6 is 0 Å². The number of hydrogen-bond donors (Lipinski definition) is 2. The van der Waals surface area contributed by atoms with Crippen LogP contribution in [0.15, 0.2) is 36.8 Å². The Labute approximate surface area is 145 Å². The highest BCUT2D eigenvalue weighted by atomic mass is 19.4. The summed E-state index contributed by atoms with van der Waals surface area (Å²) in [6, 6.07) is 3.88. The molecule has 0 bridgehead atoms. The minimum atomic E-state index is -4.42. The SMILES string of the molecule is O=C(Cc1nc2ncccn2n1)NCCNc1ccc(C(F)(F)F)cn1. The van der Waals surface area contributed by atoms with Gasteiger partial charge in [0.1, 0.15) is 5.82 Å². The number of carbonyl (C=O) groups is 1. The summed E-state index contributed by atoms with van der Waals surface area (Å²) in [4.78, 5) is 23.7. The van der Waals surface area contributed by atoms with E-state index in [9.17, 15) is 18.0 Å². The Balaban J connectivity index is 1.42. The Morgan fingerprint density at radius 3 is 2.73 bits per heavy atom. The molecule has 11 heteroatoms. The van der Waals surface area contributed by atoms with Crippen LogP contribution in [0.4, 0.5) is 19.0 Å². The zero-order valence-electron chi connectivity index (χ0n) is 13.4. The number of halogens is 3. The normalized spacial score (nSPS) is 11.5. The number of alkyl halides is 3. The van der Waals surface area contributed by atoms with Crippen molar-refractivity contribution in [3.63, 3.8) is 0 Å². The van der Waals surface area contributed by atoms with Crippen molar-refractivity contribution in [1.82, 2.24) is 29.9 Å². The average Bonchev–Trinajstić information content (AvgIpc) is 3.00. The summed E-state index contributed by atoms with van der Waals surface area (Å²) in [7, 11) is 0. The van der Waals surface area contributed by atoms with Crippen LogP contribution in [0.1, 0.15) is 11.4 Å². The van der Waals surface area contributed by atoms with E-state index in [4.69, 9.17) is 0 Å². The summed E-state index contributed by atoms with van der Waals surface area (Å²) in [5.74, 6) is 0.771. The number of fused-ring (bicyclic) bond motifs is 1. The molecule has 26 heavy (non-hydrogen) atoms. The van der Waals surface area contributed by atoms with Gasteiger partial charge < -0.3 is 10.6 Å². The van der Waals surface area contributed by atoms with Crippen LogP contribution in [-0.2, 0) is 17.4 Å². The predicted molar refractivity (Wildman–Crippen MR) is 85.2 cm³/mol. The number of anilines is 1. The number of rotatable bonds is 6. The molecule has 0 saturated heterocycles. The molecule has 0 aliphatic carbocycles. The third-order valence-corrected chi connectivity index (χ3v) is 3.32. The van der Waals surface area contributed by atoms with Gasteiger partial charge in [0, 0.05) is 31.7 Å². The first kappa shape index (κ1) is 17.6. The summed E-state index contributed by atoms with van der Waals surface area (Å²) < 4.78 is 38.8. The van der Waals surface area contributed by atoms with Gasteiger partial charge in [-0.1, -0.05) is 0 Å². The lowest BCUT2D eigenvalue weighted by atomic mass is 10.3. The molecule has 0 spiro atoms.